The van der Waals surface area contributed by atoms with E-state index in [1.807, 2.05) is 37.3 Å². The molecule has 0 saturated heterocycles. The van der Waals surface area contributed by atoms with Crippen LogP contribution in [0.4, 0.5) is 17.6 Å². The number of hydrogen-bond acceptors (Lipinski definition) is 4. The van der Waals surface area contributed by atoms with Crippen molar-refractivity contribution in [2.45, 2.75) is 19.5 Å². The van der Waals surface area contributed by atoms with E-state index in [-0.39, 0.29) is 5.69 Å². The van der Waals surface area contributed by atoms with E-state index >= 15 is 0 Å². The Morgan fingerprint density at radius 2 is 1.80 bits per heavy atom. The normalized spacial score (nSPS) is 12.3. The van der Waals surface area contributed by atoms with Crippen molar-refractivity contribution < 1.29 is 17.6 Å². The van der Waals surface area contributed by atoms with Crippen LogP contribution in [0.3, 0.4) is 0 Å². The van der Waals surface area contributed by atoms with Crippen molar-refractivity contribution >= 4 is 27.7 Å². The third-order valence-corrected chi connectivity index (χ3v) is 6.02. The molecule has 0 atom stereocenters. The van der Waals surface area contributed by atoms with Crippen molar-refractivity contribution in [1.29, 1.82) is 0 Å². The van der Waals surface area contributed by atoms with E-state index < -0.39 is 17.6 Å². The number of rotatable bonds is 3. The van der Waals surface area contributed by atoms with Gasteiger partial charge in [0.25, 0.3) is 0 Å². The summed E-state index contributed by atoms with van der Waals surface area (Å²) in [5.74, 6) is -0.390. The van der Waals surface area contributed by atoms with Gasteiger partial charge in [0.1, 0.15) is 11.6 Å². The summed E-state index contributed by atoms with van der Waals surface area (Å²) >= 11 is 0. The highest BCUT2D eigenvalue weighted by molar-refractivity contribution is 6.06. The Labute approximate surface area is 195 Å². The summed E-state index contributed by atoms with van der Waals surface area (Å²) in [6.45, 7) is 1.91. The second-order valence-corrected chi connectivity index (χ2v) is 8.07. The Balaban J connectivity index is 1.75. The smallest absolute Gasteiger partial charge is 0.276 e. The van der Waals surface area contributed by atoms with Crippen molar-refractivity contribution in [3.8, 4) is 16.8 Å². The maximum atomic E-state index is 14.1. The molecule has 4 aromatic heterocycles. The van der Waals surface area contributed by atoms with Gasteiger partial charge in [0.15, 0.2) is 0 Å². The Morgan fingerprint density at radius 1 is 0.943 bits per heavy atom. The van der Waals surface area contributed by atoms with Gasteiger partial charge >= 0.3 is 6.18 Å². The zero-order valence-corrected chi connectivity index (χ0v) is 18.3. The van der Waals surface area contributed by atoms with Crippen LogP contribution in [-0.4, -0.2) is 29.1 Å². The molecule has 174 valence electrons. The first-order chi connectivity index (χ1) is 16.9. The van der Waals surface area contributed by atoms with Crippen LogP contribution < -0.4 is 0 Å². The van der Waals surface area contributed by atoms with Gasteiger partial charge in [0, 0.05) is 29.8 Å². The van der Waals surface area contributed by atoms with E-state index in [4.69, 9.17) is 0 Å². The van der Waals surface area contributed by atoms with Gasteiger partial charge in [-0.3, -0.25) is 18.9 Å². The summed E-state index contributed by atoms with van der Waals surface area (Å²) in [4.78, 5) is 8.76. The number of aryl methyl sites for hydroxylation is 1. The molecular weight excluding hydrogens is 460 g/mol. The van der Waals surface area contributed by atoms with Crippen molar-refractivity contribution in [3.63, 3.8) is 0 Å². The minimum atomic E-state index is -4.85. The number of hydrogen-bond donors (Lipinski definition) is 0. The zero-order valence-electron chi connectivity index (χ0n) is 18.3. The van der Waals surface area contributed by atoms with Crippen LogP contribution in [0.5, 0.6) is 0 Å². The second-order valence-electron chi connectivity index (χ2n) is 8.07. The number of fused-ring (bicyclic) bond motifs is 5. The van der Waals surface area contributed by atoms with Crippen LogP contribution in [0.2, 0.25) is 0 Å². The molecule has 0 fully saturated rings. The Morgan fingerprint density at radius 3 is 2.54 bits per heavy atom. The largest absolute Gasteiger partial charge is 0.419 e. The van der Waals surface area contributed by atoms with Crippen LogP contribution in [-0.2, 0) is 12.6 Å². The fraction of sp³-hybridized carbons (Fsp3) is 0.120. The Kier molecular flexibility index (Phi) is 4.60. The highest BCUT2D eigenvalue weighted by Gasteiger charge is 2.35. The molecule has 6 rings (SSSR count). The fourth-order valence-electron chi connectivity index (χ4n) is 4.42. The average molecular weight is 476 g/mol. The van der Waals surface area contributed by atoms with Crippen LogP contribution in [0.15, 0.2) is 67.1 Å². The average Bonchev–Trinajstić information content (AvgIpc) is 3.42. The molecule has 6 nitrogen and oxygen atoms in total. The van der Waals surface area contributed by atoms with Crippen LogP contribution in [0.1, 0.15) is 18.3 Å². The third-order valence-electron chi connectivity index (χ3n) is 6.02. The fourth-order valence-corrected chi connectivity index (χ4v) is 4.42. The van der Waals surface area contributed by atoms with Crippen molar-refractivity contribution in [1.82, 2.24) is 29.1 Å². The Bertz CT molecular complexity index is 1730. The molecule has 0 N–H and O–H groups in total. The first-order valence-electron chi connectivity index (χ1n) is 10.8. The summed E-state index contributed by atoms with van der Waals surface area (Å²) in [5, 5.41) is 9.17. The lowest BCUT2D eigenvalue weighted by atomic mass is 10.0. The molecular formula is C25H16F4N6. The van der Waals surface area contributed by atoms with Gasteiger partial charge in [-0.25, -0.2) is 4.39 Å². The molecule has 0 spiro atoms. The number of halogens is 4. The van der Waals surface area contributed by atoms with Gasteiger partial charge in [-0.1, -0.05) is 19.1 Å². The third kappa shape index (κ3) is 3.24. The number of imidazole rings is 1. The number of benzene rings is 2. The number of alkyl halides is 3. The minimum absolute atomic E-state index is 0.119. The molecule has 4 heterocycles. The van der Waals surface area contributed by atoms with Gasteiger partial charge in [0.05, 0.1) is 34.0 Å². The molecule has 35 heavy (non-hydrogen) atoms. The summed E-state index contributed by atoms with van der Waals surface area (Å²) < 4.78 is 58.1. The van der Waals surface area contributed by atoms with Crippen molar-refractivity contribution in [2.24, 2.45) is 0 Å². The lowest BCUT2D eigenvalue weighted by Gasteiger charge is -2.12. The summed E-state index contributed by atoms with van der Waals surface area (Å²) in [5.41, 5.74) is 2.40. The standard InChI is InChI=1S/C25H16F4N6/c1-2-22-32-33-24-34(16-6-7-19(26)18(11-16)25(27,28)29)23-17-10-14(15-4-3-9-30-12-15)5-8-20(17)31-13-21(23)35(22)24/h3-13H,2H2,1H3. The molecule has 0 saturated carbocycles. The molecule has 0 aliphatic carbocycles. The van der Waals surface area contributed by atoms with E-state index in [2.05, 4.69) is 20.2 Å². The van der Waals surface area contributed by atoms with Crippen LogP contribution >= 0.6 is 0 Å². The monoisotopic (exact) mass is 476 g/mol. The van der Waals surface area contributed by atoms with E-state index in [0.717, 1.165) is 23.3 Å². The zero-order chi connectivity index (χ0) is 24.3. The number of aromatic nitrogens is 6. The number of nitrogens with zero attached hydrogens (tertiary/aromatic N) is 6. The first-order valence-corrected chi connectivity index (χ1v) is 10.8. The molecule has 0 aliphatic heterocycles. The van der Waals surface area contributed by atoms with Crippen molar-refractivity contribution in [2.75, 3.05) is 0 Å². The maximum absolute atomic E-state index is 14.1. The first kappa shape index (κ1) is 21.2. The summed E-state index contributed by atoms with van der Waals surface area (Å²) in [6, 6.07) is 12.4. The summed E-state index contributed by atoms with van der Waals surface area (Å²) in [7, 11) is 0. The van der Waals surface area contributed by atoms with Crippen LogP contribution in [0.25, 0.3) is 44.5 Å². The van der Waals surface area contributed by atoms with Gasteiger partial charge in [-0.05, 0) is 42.0 Å². The van der Waals surface area contributed by atoms with Gasteiger partial charge < -0.3 is 0 Å². The topological polar surface area (TPSA) is 60.9 Å². The minimum Gasteiger partial charge on any atom is -0.276 e. The van der Waals surface area contributed by atoms with E-state index in [9.17, 15) is 17.6 Å². The highest BCUT2D eigenvalue weighted by atomic mass is 19.4. The lowest BCUT2D eigenvalue weighted by Crippen LogP contribution is -2.09. The van der Waals surface area contributed by atoms with Gasteiger partial charge in [-0.15, -0.1) is 10.2 Å². The van der Waals surface area contributed by atoms with Crippen molar-refractivity contribution in [3.05, 3.63) is 84.3 Å². The van der Waals surface area contributed by atoms with Gasteiger partial charge in [-0.2, -0.15) is 13.2 Å². The van der Waals surface area contributed by atoms with Crippen LogP contribution in [0, 0.1) is 5.82 Å². The predicted molar refractivity (Wildman–Crippen MR) is 123 cm³/mol. The molecule has 10 heteroatoms. The molecule has 0 bridgehead atoms. The highest BCUT2D eigenvalue weighted by Crippen LogP contribution is 2.36. The van der Waals surface area contributed by atoms with Gasteiger partial charge in [0.2, 0.25) is 5.78 Å². The molecule has 0 unspecified atom stereocenters. The van der Waals surface area contributed by atoms with E-state index in [1.54, 1.807) is 27.6 Å². The lowest BCUT2D eigenvalue weighted by molar-refractivity contribution is -0.140. The molecule has 0 radical (unpaired) electrons. The SMILES string of the molecule is CCc1nnc2n(-c3ccc(F)c(C(F)(F)F)c3)c3c4cc(-c5cccnc5)ccc4ncc3n12. The molecule has 6 aromatic rings. The second kappa shape index (κ2) is 7.59. The summed E-state index contributed by atoms with van der Waals surface area (Å²) in [6.07, 6.45) is 0.761. The number of pyridine rings is 2. The Hall–Kier alpha value is -4.34. The van der Waals surface area contributed by atoms with E-state index in [0.29, 0.717) is 40.0 Å². The quantitative estimate of drug-likeness (QED) is 0.294. The molecule has 0 amide bonds. The predicted octanol–water partition coefficient (Wildman–Crippen LogP) is 6.00. The van der Waals surface area contributed by atoms with E-state index in [1.165, 1.54) is 6.07 Å². The molecule has 0 aliphatic rings. The molecule has 2 aromatic carbocycles. The maximum Gasteiger partial charge on any atom is 0.419 e.